The van der Waals surface area contributed by atoms with Crippen molar-refractivity contribution in [2.75, 3.05) is 7.11 Å². The number of hydrogen-bond donors (Lipinski definition) is 0. The summed E-state index contributed by atoms with van der Waals surface area (Å²) in [7, 11) is 1.64. The number of methoxy groups -OCH3 is 1. The lowest BCUT2D eigenvalue weighted by atomic mass is 9.90. The van der Waals surface area contributed by atoms with Crippen molar-refractivity contribution < 1.29 is 14.3 Å². The van der Waals surface area contributed by atoms with Crippen LogP contribution < -0.4 is 4.74 Å². The molecule has 4 nitrogen and oxygen atoms in total. The molecule has 0 unspecified atom stereocenters. The summed E-state index contributed by atoms with van der Waals surface area (Å²) in [5.41, 5.74) is 1.76. The van der Waals surface area contributed by atoms with Crippen LogP contribution in [0.15, 0.2) is 66.7 Å². The van der Waals surface area contributed by atoms with Crippen LogP contribution in [0.1, 0.15) is 42.1 Å². The van der Waals surface area contributed by atoms with Gasteiger partial charge in [0.15, 0.2) is 5.78 Å². The Hall–Kier alpha value is -2.88. The minimum absolute atomic E-state index is 0.00343. The number of carbonyl (C=O) groups excluding carboxylic acids is 2. The number of ether oxygens (including phenoxy) is 1. The summed E-state index contributed by atoms with van der Waals surface area (Å²) in [5, 5.41) is 0. The zero-order valence-corrected chi connectivity index (χ0v) is 16.5. The van der Waals surface area contributed by atoms with Crippen molar-refractivity contribution in [2.24, 2.45) is 5.92 Å². The van der Waals surface area contributed by atoms with Crippen molar-refractivity contribution in [2.45, 2.75) is 38.8 Å². The summed E-state index contributed by atoms with van der Waals surface area (Å²) in [5.74, 6) is 1.09. The van der Waals surface area contributed by atoms with E-state index < -0.39 is 0 Å². The molecule has 0 aliphatic carbocycles. The number of hydrogen-bond acceptors (Lipinski definition) is 3. The van der Waals surface area contributed by atoms with Crippen molar-refractivity contribution in [3.05, 3.63) is 77.9 Å². The lowest BCUT2D eigenvalue weighted by Gasteiger charge is -2.38. The molecular formula is C24H27NO3. The van der Waals surface area contributed by atoms with E-state index in [4.69, 9.17) is 4.74 Å². The van der Waals surface area contributed by atoms with E-state index >= 15 is 0 Å². The Kier molecular flexibility index (Phi) is 6.64. The van der Waals surface area contributed by atoms with Gasteiger partial charge in [-0.15, -0.1) is 0 Å². The number of ketones is 1. The molecule has 1 aliphatic heterocycles. The highest BCUT2D eigenvalue weighted by Gasteiger charge is 2.30. The lowest BCUT2D eigenvalue weighted by Crippen LogP contribution is -2.46. The van der Waals surface area contributed by atoms with Gasteiger partial charge in [-0.25, -0.2) is 0 Å². The minimum atomic E-state index is -0.00343. The number of rotatable bonds is 7. The van der Waals surface area contributed by atoms with E-state index in [1.807, 2.05) is 65.6 Å². The summed E-state index contributed by atoms with van der Waals surface area (Å²) < 4.78 is 5.21. The molecule has 1 saturated heterocycles. The molecular weight excluding hydrogens is 350 g/mol. The van der Waals surface area contributed by atoms with Gasteiger partial charge in [-0.1, -0.05) is 55.5 Å². The van der Waals surface area contributed by atoms with E-state index in [0.717, 1.165) is 24.2 Å². The smallest absolute Gasteiger partial charge is 0.223 e. The second kappa shape index (κ2) is 9.36. The summed E-state index contributed by atoms with van der Waals surface area (Å²) >= 11 is 0. The Morgan fingerprint density at radius 1 is 1.18 bits per heavy atom. The van der Waals surface area contributed by atoms with Crippen molar-refractivity contribution in [1.82, 2.24) is 4.90 Å². The highest BCUT2D eigenvalue weighted by Crippen LogP contribution is 2.27. The van der Waals surface area contributed by atoms with Gasteiger partial charge >= 0.3 is 0 Å². The van der Waals surface area contributed by atoms with Gasteiger partial charge in [0.2, 0.25) is 5.91 Å². The number of likely N-dealkylation sites (tertiary alicyclic amines) is 1. The first-order chi connectivity index (χ1) is 13.6. The quantitative estimate of drug-likeness (QED) is 0.521. The summed E-state index contributed by atoms with van der Waals surface area (Å²) in [4.78, 5) is 26.9. The Morgan fingerprint density at radius 3 is 2.57 bits per heavy atom. The maximum Gasteiger partial charge on any atom is 0.223 e. The molecule has 1 heterocycles. The van der Waals surface area contributed by atoms with Crippen LogP contribution in [-0.4, -0.2) is 29.7 Å². The number of amides is 1. The first-order valence-corrected chi connectivity index (χ1v) is 9.78. The van der Waals surface area contributed by atoms with Crippen molar-refractivity contribution in [3.63, 3.8) is 0 Å². The molecule has 146 valence electrons. The van der Waals surface area contributed by atoms with E-state index in [9.17, 15) is 9.59 Å². The molecule has 1 aliphatic rings. The number of benzene rings is 2. The number of allylic oxidation sites excluding steroid dienone is 1. The predicted octanol–water partition coefficient (Wildman–Crippen LogP) is 4.65. The zero-order valence-electron chi connectivity index (χ0n) is 16.5. The number of carbonyl (C=O) groups is 2. The third-order valence-corrected chi connectivity index (χ3v) is 5.34. The summed E-state index contributed by atoms with van der Waals surface area (Å²) in [6.45, 7) is 2.66. The molecule has 2 atom stereocenters. The first kappa shape index (κ1) is 19.9. The fraction of sp³-hybridized carbons (Fsp3) is 0.333. The second-order valence-electron chi connectivity index (χ2n) is 7.28. The SMILES string of the molecule is COc1ccc(CN2C(=O)CCC[C@@H]2[C@H](C)/C=C/C(=O)c2ccccc2)cc1. The molecule has 2 aromatic rings. The van der Waals surface area contributed by atoms with Crippen LogP contribution in [0.2, 0.25) is 0 Å². The van der Waals surface area contributed by atoms with Gasteiger partial charge in [0.1, 0.15) is 5.75 Å². The molecule has 0 saturated carbocycles. The minimum Gasteiger partial charge on any atom is -0.497 e. The molecule has 0 radical (unpaired) electrons. The molecule has 28 heavy (non-hydrogen) atoms. The van der Waals surface area contributed by atoms with Crippen LogP contribution >= 0.6 is 0 Å². The maximum atomic E-state index is 12.6. The number of piperidine rings is 1. The maximum absolute atomic E-state index is 12.6. The van der Waals surface area contributed by atoms with Crippen LogP contribution in [0.3, 0.4) is 0 Å². The third kappa shape index (κ3) is 4.89. The summed E-state index contributed by atoms with van der Waals surface area (Å²) in [6.07, 6.45) is 6.02. The fourth-order valence-corrected chi connectivity index (χ4v) is 3.69. The fourth-order valence-electron chi connectivity index (χ4n) is 3.69. The largest absolute Gasteiger partial charge is 0.497 e. The van der Waals surface area contributed by atoms with E-state index in [1.54, 1.807) is 13.2 Å². The molecule has 1 amide bonds. The monoisotopic (exact) mass is 377 g/mol. The van der Waals surface area contributed by atoms with Crippen LogP contribution in [-0.2, 0) is 11.3 Å². The topological polar surface area (TPSA) is 46.6 Å². The molecule has 1 fully saturated rings. The van der Waals surface area contributed by atoms with Gasteiger partial charge in [-0.05, 0) is 42.5 Å². The summed E-state index contributed by atoms with van der Waals surface area (Å²) in [6, 6.07) is 17.2. The van der Waals surface area contributed by atoms with Gasteiger partial charge in [0, 0.05) is 24.6 Å². The average Bonchev–Trinajstić information content (AvgIpc) is 2.74. The van der Waals surface area contributed by atoms with E-state index in [2.05, 4.69) is 6.92 Å². The van der Waals surface area contributed by atoms with E-state index in [-0.39, 0.29) is 23.7 Å². The van der Waals surface area contributed by atoms with E-state index in [0.29, 0.717) is 18.5 Å². The Bertz CT molecular complexity index is 827. The van der Waals surface area contributed by atoms with E-state index in [1.165, 1.54) is 0 Å². The molecule has 0 aromatic heterocycles. The average molecular weight is 377 g/mol. The van der Waals surface area contributed by atoms with Gasteiger partial charge in [-0.2, -0.15) is 0 Å². The van der Waals surface area contributed by atoms with Gasteiger partial charge in [0.05, 0.1) is 7.11 Å². The van der Waals surface area contributed by atoms with Crippen molar-refractivity contribution in [3.8, 4) is 5.75 Å². The lowest BCUT2D eigenvalue weighted by molar-refractivity contribution is -0.138. The van der Waals surface area contributed by atoms with Gasteiger partial charge in [0.25, 0.3) is 0 Å². The molecule has 4 heteroatoms. The molecule has 0 N–H and O–H groups in total. The first-order valence-electron chi connectivity index (χ1n) is 9.78. The Labute approximate surface area is 166 Å². The third-order valence-electron chi connectivity index (χ3n) is 5.34. The van der Waals surface area contributed by atoms with Crippen molar-refractivity contribution >= 4 is 11.7 Å². The molecule has 0 spiro atoms. The van der Waals surface area contributed by atoms with Gasteiger partial charge in [-0.3, -0.25) is 9.59 Å². The highest BCUT2D eigenvalue weighted by molar-refractivity contribution is 6.04. The van der Waals surface area contributed by atoms with Crippen LogP contribution in [0, 0.1) is 5.92 Å². The van der Waals surface area contributed by atoms with Crippen LogP contribution in [0.25, 0.3) is 0 Å². The predicted molar refractivity (Wildman–Crippen MR) is 110 cm³/mol. The van der Waals surface area contributed by atoms with Crippen LogP contribution in [0.4, 0.5) is 0 Å². The highest BCUT2D eigenvalue weighted by atomic mass is 16.5. The normalized spacial score (nSPS) is 18.3. The molecule has 2 aromatic carbocycles. The van der Waals surface area contributed by atoms with Crippen molar-refractivity contribution in [1.29, 1.82) is 0 Å². The molecule has 0 bridgehead atoms. The zero-order chi connectivity index (χ0) is 19.9. The standard InChI is InChI=1S/C24H27NO3/c1-18(11-16-23(26)20-7-4-3-5-8-20)22-9-6-10-24(27)25(22)17-19-12-14-21(28-2)15-13-19/h3-5,7-8,11-16,18,22H,6,9-10,17H2,1-2H3/b16-11+/t18-,22-/m1/s1. The molecule has 3 rings (SSSR count). The second-order valence-corrected chi connectivity index (χ2v) is 7.28. The number of nitrogens with zero attached hydrogens (tertiary/aromatic N) is 1. The van der Waals surface area contributed by atoms with Crippen LogP contribution in [0.5, 0.6) is 5.75 Å². The van der Waals surface area contributed by atoms with Gasteiger partial charge < -0.3 is 9.64 Å². The Balaban J connectivity index is 1.70. The Morgan fingerprint density at radius 2 is 1.89 bits per heavy atom.